The van der Waals surface area contributed by atoms with E-state index in [9.17, 15) is 0 Å². The van der Waals surface area contributed by atoms with Crippen LogP contribution in [0.15, 0.2) is 109 Å². The third kappa shape index (κ3) is 6.91. The van der Waals surface area contributed by atoms with Gasteiger partial charge in [0.15, 0.2) is 0 Å². The molecule has 0 unspecified atom stereocenters. The van der Waals surface area contributed by atoms with Gasteiger partial charge in [0.25, 0.3) is 0 Å². The van der Waals surface area contributed by atoms with E-state index >= 15 is 0 Å². The predicted octanol–water partition coefficient (Wildman–Crippen LogP) is 3.69. The zero-order valence-corrected chi connectivity index (χ0v) is 25.6. The van der Waals surface area contributed by atoms with Crippen molar-refractivity contribution in [2.24, 2.45) is 0 Å². The molecule has 0 bridgehead atoms. The minimum atomic E-state index is 0. The van der Waals surface area contributed by atoms with Gasteiger partial charge < -0.3 is 24.8 Å². The quantitative estimate of drug-likeness (QED) is 0.266. The van der Waals surface area contributed by atoms with Crippen LogP contribution in [0.3, 0.4) is 0 Å². The van der Waals surface area contributed by atoms with Crippen molar-refractivity contribution in [1.82, 2.24) is 0 Å². The van der Waals surface area contributed by atoms with Gasteiger partial charge in [0.2, 0.25) is 0 Å². The fourth-order valence-corrected chi connectivity index (χ4v) is 4.48. The van der Waals surface area contributed by atoms with Crippen LogP contribution in [0.1, 0.15) is 22.3 Å². The number of benzene rings is 4. The molecule has 0 spiro atoms. The average molecular weight is 601 g/mol. The average Bonchev–Trinajstić information content (AvgIpc) is 3.47. The minimum Gasteiger partial charge on any atom is -1.00 e. The molecule has 3 heteroatoms. The molecular formula is C34H30Cl2Zr. The van der Waals surface area contributed by atoms with Gasteiger partial charge in [0.1, 0.15) is 0 Å². The summed E-state index contributed by atoms with van der Waals surface area (Å²) >= 11 is 0. The Hall–Kier alpha value is -2.44. The van der Waals surface area contributed by atoms with Crippen LogP contribution in [0.25, 0.3) is 43.8 Å². The second kappa shape index (κ2) is 13.4. The predicted molar refractivity (Wildman–Crippen MR) is 149 cm³/mol. The first-order valence-electron chi connectivity index (χ1n) is 11.9. The van der Waals surface area contributed by atoms with Gasteiger partial charge in [-0.2, -0.15) is 0 Å². The van der Waals surface area contributed by atoms with Crippen molar-refractivity contribution in [2.45, 2.75) is 27.7 Å². The molecule has 0 heterocycles. The molecule has 37 heavy (non-hydrogen) atoms. The van der Waals surface area contributed by atoms with E-state index in [4.69, 9.17) is 0 Å². The molecule has 0 atom stereocenters. The summed E-state index contributed by atoms with van der Waals surface area (Å²) in [5, 5.41) is 5.28. The van der Waals surface area contributed by atoms with Gasteiger partial charge >= 0.3 is 26.2 Å². The molecule has 0 aliphatic rings. The maximum Gasteiger partial charge on any atom is 4.00 e. The molecule has 0 nitrogen and oxygen atoms in total. The Morgan fingerprint density at radius 3 is 1.16 bits per heavy atom. The van der Waals surface area contributed by atoms with Crippen molar-refractivity contribution >= 4 is 21.5 Å². The summed E-state index contributed by atoms with van der Waals surface area (Å²) in [4.78, 5) is 0. The van der Waals surface area contributed by atoms with E-state index in [0.717, 1.165) is 0 Å². The molecule has 0 N–H and O–H groups in total. The molecule has 0 aromatic heterocycles. The van der Waals surface area contributed by atoms with Gasteiger partial charge in [-0.1, -0.05) is 95.1 Å². The monoisotopic (exact) mass is 598 g/mol. The second-order valence-corrected chi connectivity index (χ2v) is 9.34. The van der Waals surface area contributed by atoms with Crippen molar-refractivity contribution in [3.8, 4) is 22.3 Å². The molecule has 0 radical (unpaired) electrons. The van der Waals surface area contributed by atoms with Crippen molar-refractivity contribution in [2.75, 3.05) is 0 Å². The maximum atomic E-state index is 2.27. The van der Waals surface area contributed by atoms with Gasteiger partial charge in [0.05, 0.1) is 0 Å². The van der Waals surface area contributed by atoms with Crippen LogP contribution >= 0.6 is 0 Å². The smallest absolute Gasteiger partial charge is 1.00 e. The molecule has 6 rings (SSSR count). The Balaban J connectivity index is 0.000000241. The van der Waals surface area contributed by atoms with Crippen LogP contribution in [0.2, 0.25) is 0 Å². The van der Waals surface area contributed by atoms with E-state index in [1.165, 1.54) is 66.1 Å². The molecule has 0 saturated carbocycles. The van der Waals surface area contributed by atoms with Crippen LogP contribution < -0.4 is 24.8 Å². The van der Waals surface area contributed by atoms with Crippen molar-refractivity contribution in [3.05, 3.63) is 131 Å². The normalized spacial score (nSPS) is 10.1. The molecule has 0 saturated heterocycles. The van der Waals surface area contributed by atoms with Crippen LogP contribution in [0.4, 0.5) is 0 Å². The molecule has 6 aromatic rings. The van der Waals surface area contributed by atoms with Gasteiger partial charge in [0, 0.05) is 0 Å². The topological polar surface area (TPSA) is 0 Å². The third-order valence-electron chi connectivity index (χ3n) is 6.92. The Morgan fingerprint density at radius 1 is 0.432 bits per heavy atom. The summed E-state index contributed by atoms with van der Waals surface area (Å²) in [6.45, 7) is 8.64. The Labute approximate surface area is 252 Å². The molecule has 0 fully saturated rings. The summed E-state index contributed by atoms with van der Waals surface area (Å²) in [5.74, 6) is 0. The summed E-state index contributed by atoms with van der Waals surface area (Å²) < 4.78 is 0. The van der Waals surface area contributed by atoms with E-state index < -0.39 is 0 Å². The minimum absolute atomic E-state index is 0. The Morgan fingerprint density at radius 2 is 0.811 bits per heavy atom. The SMILES string of the molecule is Cc1ccc(-c2cc3ccccc3[cH-]2)cc1C.Cc1ccc(-c2cc3ccccc3[cH-]2)cc1C.[Cl-].[Cl-].[Zr+4]. The standard InChI is InChI=1S/2C17H15.2ClH.Zr/c2*1-12-7-8-16(9-13(12)2)17-10-14-5-3-4-6-15(14)11-17;;;/h2*3-11H,1-2H3;2*1H;/q2*-1;;;+4/p-2. The summed E-state index contributed by atoms with van der Waals surface area (Å²) in [6.07, 6.45) is 0. The fraction of sp³-hybridized carbons (Fsp3) is 0.118. The molecule has 0 aliphatic carbocycles. The Kier molecular flexibility index (Phi) is 11.1. The van der Waals surface area contributed by atoms with Crippen molar-refractivity contribution in [3.63, 3.8) is 0 Å². The zero-order chi connectivity index (χ0) is 23.7. The van der Waals surface area contributed by atoms with Crippen LogP contribution in [-0.2, 0) is 26.2 Å². The number of rotatable bonds is 2. The third-order valence-corrected chi connectivity index (χ3v) is 6.92. The van der Waals surface area contributed by atoms with Crippen LogP contribution in [-0.4, -0.2) is 0 Å². The van der Waals surface area contributed by atoms with Gasteiger partial charge in [-0.3, -0.25) is 0 Å². The summed E-state index contributed by atoms with van der Waals surface area (Å²) in [5.41, 5.74) is 10.7. The van der Waals surface area contributed by atoms with E-state index in [1.807, 2.05) is 0 Å². The van der Waals surface area contributed by atoms with E-state index in [1.54, 1.807) is 0 Å². The Bertz CT molecular complexity index is 1420. The van der Waals surface area contributed by atoms with E-state index in [2.05, 4.69) is 137 Å². The zero-order valence-electron chi connectivity index (χ0n) is 21.6. The largest absolute Gasteiger partial charge is 4.00 e. The molecule has 184 valence electrons. The number of fused-ring (bicyclic) bond motifs is 2. The van der Waals surface area contributed by atoms with Crippen molar-refractivity contribution in [1.29, 1.82) is 0 Å². The molecule has 0 aliphatic heterocycles. The number of hydrogen-bond donors (Lipinski definition) is 0. The van der Waals surface area contributed by atoms with Gasteiger partial charge in [-0.15, -0.1) is 69.1 Å². The van der Waals surface area contributed by atoms with Gasteiger partial charge in [-0.25, -0.2) is 0 Å². The first-order valence-corrected chi connectivity index (χ1v) is 11.9. The van der Waals surface area contributed by atoms with Gasteiger partial charge in [-0.05, 0) is 38.8 Å². The second-order valence-electron chi connectivity index (χ2n) is 9.34. The molecule has 0 amide bonds. The van der Waals surface area contributed by atoms with Crippen LogP contribution in [0, 0.1) is 27.7 Å². The molecular weight excluding hydrogens is 571 g/mol. The fourth-order valence-electron chi connectivity index (χ4n) is 4.48. The van der Waals surface area contributed by atoms with Crippen LogP contribution in [0.5, 0.6) is 0 Å². The first-order chi connectivity index (χ1) is 16.5. The number of halogens is 2. The summed E-state index contributed by atoms with van der Waals surface area (Å²) in [7, 11) is 0. The number of aryl methyl sites for hydroxylation is 4. The maximum absolute atomic E-state index is 2.27. The number of hydrogen-bond acceptors (Lipinski definition) is 0. The summed E-state index contributed by atoms with van der Waals surface area (Å²) in [6, 6.07) is 39.4. The first kappa shape index (κ1) is 30.8. The molecule has 6 aromatic carbocycles. The van der Waals surface area contributed by atoms with Crippen molar-refractivity contribution < 1.29 is 51.0 Å². The van der Waals surface area contributed by atoms with E-state index in [0.29, 0.717) is 0 Å². The van der Waals surface area contributed by atoms with E-state index in [-0.39, 0.29) is 51.0 Å².